The minimum Gasteiger partial charge on any atom is -0.463 e. The molecule has 1 aromatic rings. The average Bonchev–Trinajstić information content (AvgIpc) is 2.80. The van der Waals surface area contributed by atoms with Gasteiger partial charge in [-0.15, -0.1) is 0 Å². The first-order valence-electron chi connectivity index (χ1n) is 11.3. The highest BCUT2D eigenvalue weighted by Crippen LogP contribution is 2.28. The fraction of sp³-hybridized carbons (Fsp3) is 0.545. The molecule has 1 saturated heterocycles. The van der Waals surface area contributed by atoms with Gasteiger partial charge in [-0.25, -0.2) is 9.59 Å². The van der Waals surface area contributed by atoms with Crippen LogP contribution in [0.4, 0.5) is 4.79 Å². The monoisotopic (exact) mass is 479 g/mol. The van der Waals surface area contributed by atoms with Gasteiger partial charge in [-0.3, -0.25) is 4.90 Å². The van der Waals surface area contributed by atoms with Crippen molar-refractivity contribution >= 4 is 22.2 Å². The molecule has 1 atom stereocenters. The number of rotatable bonds is 9. The normalized spacial score (nSPS) is 20.5. The van der Waals surface area contributed by atoms with Gasteiger partial charge >= 0.3 is 12.0 Å². The molecule has 0 spiro atoms. The van der Waals surface area contributed by atoms with Crippen LogP contribution in [-0.4, -0.2) is 86.3 Å². The summed E-state index contributed by atoms with van der Waals surface area (Å²) < 4.78 is 33.8. The maximum atomic E-state index is 12.9. The molecule has 2 N–H and O–H groups in total. The molecule has 0 aliphatic carbocycles. The maximum Gasteiger partial charge on any atom is 0.338 e. The lowest BCUT2D eigenvalue weighted by atomic mass is 9.95. The Morgan fingerprint density at radius 1 is 1.09 bits per heavy atom. The minimum atomic E-state index is -3.49. The second-order valence-corrected chi connectivity index (χ2v) is 9.75. The number of esters is 1. The van der Waals surface area contributed by atoms with E-state index in [0.717, 1.165) is 5.56 Å². The molecule has 10 nitrogen and oxygen atoms in total. The molecule has 11 heteroatoms. The van der Waals surface area contributed by atoms with Gasteiger partial charge in [0.05, 0.1) is 18.2 Å². The van der Waals surface area contributed by atoms with Crippen molar-refractivity contribution in [2.45, 2.75) is 26.8 Å². The Balaban J connectivity index is 1.81. The topological polar surface area (TPSA) is 111 Å². The van der Waals surface area contributed by atoms with Crippen molar-refractivity contribution in [2.75, 3.05) is 52.4 Å². The molecular weight excluding hydrogens is 446 g/mol. The number of benzene rings is 1. The number of carbonyl (C=O) groups is 2. The van der Waals surface area contributed by atoms with E-state index in [4.69, 9.17) is 4.74 Å². The fourth-order valence-corrected chi connectivity index (χ4v) is 5.75. The van der Waals surface area contributed by atoms with E-state index < -0.39 is 28.3 Å². The molecule has 2 heterocycles. The molecule has 0 bridgehead atoms. The number of piperazine rings is 1. The third kappa shape index (κ3) is 5.72. The van der Waals surface area contributed by atoms with Crippen LogP contribution in [0.1, 0.15) is 32.4 Å². The number of nitrogens with zero attached hydrogens (tertiary/aromatic N) is 3. The van der Waals surface area contributed by atoms with Crippen molar-refractivity contribution in [1.29, 1.82) is 0 Å². The Morgan fingerprint density at radius 3 is 2.30 bits per heavy atom. The van der Waals surface area contributed by atoms with Gasteiger partial charge in [0.15, 0.2) is 0 Å². The summed E-state index contributed by atoms with van der Waals surface area (Å²) in [6.07, 6.45) is 0. The first kappa shape index (κ1) is 25.2. The number of urea groups is 1. The van der Waals surface area contributed by atoms with Gasteiger partial charge < -0.3 is 15.4 Å². The highest BCUT2D eigenvalue weighted by molar-refractivity contribution is 7.86. The standard InChI is InChI=1S/C22H33N5O5S/c1-4-26(5-2)33(30,31)27-14-12-25(13-15-27)16-18-19(21(28)32-6-3)20(24-22(29)23-18)17-10-8-7-9-11-17/h7-11,20H,4-6,12-16H2,1-3H3,(H2,23,24,29). The third-order valence-corrected chi connectivity index (χ3v) is 8.04. The highest BCUT2D eigenvalue weighted by Gasteiger charge is 2.36. The molecule has 0 radical (unpaired) electrons. The summed E-state index contributed by atoms with van der Waals surface area (Å²) in [7, 11) is -3.49. The number of hydrogen-bond donors (Lipinski definition) is 2. The van der Waals surface area contributed by atoms with Gasteiger partial charge in [0, 0.05) is 51.5 Å². The minimum absolute atomic E-state index is 0.215. The van der Waals surface area contributed by atoms with E-state index >= 15 is 0 Å². The summed E-state index contributed by atoms with van der Waals surface area (Å²) in [6, 6.07) is 8.25. The van der Waals surface area contributed by atoms with Crippen LogP contribution < -0.4 is 10.6 Å². The van der Waals surface area contributed by atoms with E-state index in [1.165, 1.54) is 8.61 Å². The highest BCUT2D eigenvalue weighted by atomic mass is 32.2. The van der Waals surface area contributed by atoms with Crippen LogP contribution in [0.5, 0.6) is 0 Å². The van der Waals surface area contributed by atoms with Gasteiger partial charge in [-0.05, 0) is 12.5 Å². The SMILES string of the molecule is CCOC(=O)C1=C(CN2CCN(S(=O)(=O)N(CC)CC)CC2)NC(=O)NC1c1ccccc1. The van der Waals surface area contributed by atoms with E-state index in [1.54, 1.807) is 6.92 Å². The molecule has 2 aliphatic heterocycles. The summed E-state index contributed by atoms with van der Waals surface area (Å²) >= 11 is 0. The van der Waals surface area contributed by atoms with E-state index in [2.05, 4.69) is 10.6 Å². The summed E-state index contributed by atoms with van der Waals surface area (Å²) in [6.45, 7) is 8.41. The molecule has 0 aromatic heterocycles. The molecule has 1 fully saturated rings. The lowest BCUT2D eigenvalue weighted by Crippen LogP contribution is -2.54. The molecule has 1 unspecified atom stereocenters. The Labute approximate surface area is 195 Å². The van der Waals surface area contributed by atoms with Gasteiger partial charge in [-0.1, -0.05) is 44.2 Å². The van der Waals surface area contributed by atoms with E-state index in [-0.39, 0.29) is 6.61 Å². The van der Waals surface area contributed by atoms with Crippen LogP contribution >= 0.6 is 0 Å². The van der Waals surface area contributed by atoms with E-state index in [0.29, 0.717) is 57.1 Å². The molecule has 2 aliphatic rings. The van der Waals surface area contributed by atoms with Crippen molar-refractivity contribution in [2.24, 2.45) is 0 Å². The fourth-order valence-electron chi connectivity index (χ4n) is 4.14. The Bertz CT molecular complexity index is 970. The van der Waals surface area contributed by atoms with Crippen molar-refractivity contribution < 1.29 is 22.7 Å². The van der Waals surface area contributed by atoms with Crippen LogP contribution in [0.2, 0.25) is 0 Å². The number of amides is 2. The summed E-state index contributed by atoms with van der Waals surface area (Å²) in [5, 5.41) is 5.60. The molecule has 0 saturated carbocycles. The lowest BCUT2D eigenvalue weighted by molar-refractivity contribution is -0.139. The van der Waals surface area contributed by atoms with Crippen molar-refractivity contribution in [3.8, 4) is 0 Å². The van der Waals surface area contributed by atoms with Crippen LogP contribution in [-0.2, 0) is 19.7 Å². The van der Waals surface area contributed by atoms with Gasteiger partial charge in [0.2, 0.25) is 0 Å². The zero-order valence-corrected chi connectivity index (χ0v) is 20.2. The second kappa shape index (κ2) is 11.1. The van der Waals surface area contributed by atoms with Crippen molar-refractivity contribution in [3.63, 3.8) is 0 Å². The van der Waals surface area contributed by atoms with Crippen LogP contribution in [0, 0.1) is 0 Å². The summed E-state index contributed by atoms with van der Waals surface area (Å²) in [4.78, 5) is 27.3. The van der Waals surface area contributed by atoms with Crippen LogP contribution in [0.15, 0.2) is 41.6 Å². The Morgan fingerprint density at radius 2 is 1.73 bits per heavy atom. The molecular formula is C22H33N5O5S. The Hall–Kier alpha value is -2.47. The van der Waals surface area contributed by atoms with Gasteiger partial charge in [-0.2, -0.15) is 17.0 Å². The molecule has 2 amide bonds. The van der Waals surface area contributed by atoms with Crippen LogP contribution in [0.25, 0.3) is 0 Å². The number of carbonyl (C=O) groups excluding carboxylic acids is 2. The summed E-state index contributed by atoms with van der Waals surface area (Å²) in [5.41, 5.74) is 1.62. The molecule has 33 heavy (non-hydrogen) atoms. The average molecular weight is 480 g/mol. The Kier molecular flexibility index (Phi) is 8.46. The zero-order valence-electron chi connectivity index (χ0n) is 19.4. The molecule has 182 valence electrons. The van der Waals surface area contributed by atoms with Crippen molar-refractivity contribution in [1.82, 2.24) is 24.1 Å². The summed E-state index contributed by atoms with van der Waals surface area (Å²) in [5.74, 6) is -0.489. The number of ether oxygens (including phenoxy) is 1. The third-order valence-electron chi connectivity index (χ3n) is 5.85. The van der Waals surface area contributed by atoms with Crippen molar-refractivity contribution in [3.05, 3.63) is 47.2 Å². The second-order valence-electron chi connectivity index (χ2n) is 7.82. The smallest absolute Gasteiger partial charge is 0.338 e. The van der Waals surface area contributed by atoms with Crippen LogP contribution in [0.3, 0.4) is 0 Å². The van der Waals surface area contributed by atoms with Gasteiger partial charge in [0.25, 0.3) is 10.2 Å². The molecule has 3 rings (SSSR count). The quantitative estimate of drug-likeness (QED) is 0.513. The van der Waals surface area contributed by atoms with E-state index in [9.17, 15) is 18.0 Å². The predicted molar refractivity (Wildman–Crippen MR) is 124 cm³/mol. The zero-order chi connectivity index (χ0) is 24.0. The van der Waals surface area contributed by atoms with E-state index in [1.807, 2.05) is 49.1 Å². The number of nitrogens with one attached hydrogen (secondary N) is 2. The maximum absolute atomic E-state index is 12.9. The first-order chi connectivity index (χ1) is 15.8. The molecule has 1 aromatic carbocycles. The first-order valence-corrected chi connectivity index (χ1v) is 12.7. The predicted octanol–water partition coefficient (Wildman–Crippen LogP) is 1.06. The van der Waals surface area contributed by atoms with Gasteiger partial charge in [0.1, 0.15) is 0 Å². The number of hydrogen-bond acceptors (Lipinski definition) is 6. The lowest BCUT2D eigenvalue weighted by Gasteiger charge is -2.37. The largest absolute Gasteiger partial charge is 0.463 e.